The van der Waals surface area contributed by atoms with Gasteiger partial charge >= 0.3 is 0 Å². The van der Waals surface area contributed by atoms with Gasteiger partial charge in [0.2, 0.25) is 5.91 Å². The minimum atomic E-state index is 0.124. The minimum Gasteiger partial charge on any atom is -0.494 e. The van der Waals surface area contributed by atoms with E-state index in [4.69, 9.17) is 10.5 Å². The van der Waals surface area contributed by atoms with Crippen LogP contribution >= 0.6 is 0 Å². The number of aryl methyl sites for hydroxylation is 1. The molecule has 21 heavy (non-hydrogen) atoms. The van der Waals surface area contributed by atoms with Crippen LogP contribution in [0, 0.1) is 18.8 Å². The van der Waals surface area contributed by atoms with Gasteiger partial charge in [-0.15, -0.1) is 0 Å². The van der Waals surface area contributed by atoms with Crippen molar-refractivity contribution in [3.05, 3.63) is 23.8 Å². The van der Waals surface area contributed by atoms with Gasteiger partial charge in [0, 0.05) is 11.6 Å². The van der Waals surface area contributed by atoms with Crippen LogP contribution in [0.2, 0.25) is 0 Å². The molecule has 3 N–H and O–H groups in total. The lowest BCUT2D eigenvalue weighted by molar-refractivity contribution is -0.121. The highest BCUT2D eigenvalue weighted by atomic mass is 16.5. The fourth-order valence-corrected chi connectivity index (χ4v) is 2.93. The first-order valence-electron chi connectivity index (χ1n) is 7.88. The average Bonchev–Trinajstić information content (AvgIpc) is 2.50. The molecule has 1 aromatic carbocycles. The highest BCUT2D eigenvalue weighted by molar-refractivity contribution is 5.93. The van der Waals surface area contributed by atoms with Crippen LogP contribution < -0.4 is 15.8 Å². The van der Waals surface area contributed by atoms with Gasteiger partial charge in [0.15, 0.2) is 0 Å². The van der Waals surface area contributed by atoms with E-state index in [9.17, 15) is 4.79 Å². The third-order valence-electron chi connectivity index (χ3n) is 4.32. The average molecular weight is 290 g/mol. The summed E-state index contributed by atoms with van der Waals surface area (Å²) in [6.45, 7) is 5.34. The molecule has 1 fully saturated rings. The van der Waals surface area contributed by atoms with Gasteiger partial charge in [0.1, 0.15) is 5.75 Å². The van der Waals surface area contributed by atoms with E-state index >= 15 is 0 Å². The van der Waals surface area contributed by atoms with Crippen molar-refractivity contribution in [2.75, 3.05) is 18.5 Å². The quantitative estimate of drug-likeness (QED) is 0.876. The lowest BCUT2D eigenvalue weighted by Gasteiger charge is -2.27. The second-order valence-corrected chi connectivity index (χ2v) is 5.85. The number of hydrogen-bond acceptors (Lipinski definition) is 3. The molecule has 0 heterocycles. The summed E-state index contributed by atoms with van der Waals surface area (Å²) in [4.78, 5) is 12.4. The number of rotatable bonds is 5. The van der Waals surface area contributed by atoms with E-state index in [2.05, 4.69) is 5.32 Å². The molecule has 1 aliphatic rings. The maximum atomic E-state index is 12.4. The Labute approximate surface area is 127 Å². The Morgan fingerprint density at radius 2 is 2.05 bits per heavy atom. The van der Waals surface area contributed by atoms with Gasteiger partial charge in [0.05, 0.1) is 6.61 Å². The van der Waals surface area contributed by atoms with E-state index in [0.717, 1.165) is 49.2 Å². The Balaban J connectivity index is 1.93. The van der Waals surface area contributed by atoms with E-state index < -0.39 is 0 Å². The van der Waals surface area contributed by atoms with Crippen LogP contribution in [0.15, 0.2) is 18.2 Å². The van der Waals surface area contributed by atoms with Crippen molar-refractivity contribution in [1.82, 2.24) is 0 Å². The van der Waals surface area contributed by atoms with Crippen LogP contribution in [-0.4, -0.2) is 19.1 Å². The molecule has 4 nitrogen and oxygen atoms in total. The molecule has 2 rings (SSSR count). The van der Waals surface area contributed by atoms with Crippen molar-refractivity contribution in [2.45, 2.75) is 39.5 Å². The number of carbonyl (C=O) groups is 1. The molecule has 4 heteroatoms. The molecule has 0 aromatic heterocycles. The number of hydrogen-bond donors (Lipinski definition) is 2. The Hall–Kier alpha value is -1.55. The molecule has 0 saturated heterocycles. The molecule has 1 saturated carbocycles. The fraction of sp³-hybridized carbons (Fsp3) is 0.588. The van der Waals surface area contributed by atoms with Crippen LogP contribution in [-0.2, 0) is 4.79 Å². The molecule has 0 radical (unpaired) electrons. The SMILES string of the molecule is CCOc1ccc(NC(=O)C2CCC(CN)CC2)c(C)c1. The first kappa shape index (κ1) is 15.8. The van der Waals surface area contributed by atoms with Crippen molar-refractivity contribution in [3.8, 4) is 5.75 Å². The molecule has 1 aromatic rings. The summed E-state index contributed by atoms with van der Waals surface area (Å²) in [5.41, 5.74) is 7.61. The van der Waals surface area contributed by atoms with E-state index in [1.54, 1.807) is 0 Å². The van der Waals surface area contributed by atoms with Gasteiger partial charge < -0.3 is 15.8 Å². The summed E-state index contributed by atoms with van der Waals surface area (Å²) in [5.74, 6) is 1.70. The molecule has 116 valence electrons. The first-order chi connectivity index (χ1) is 10.1. The van der Waals surface area contributed by atoms with E-state index in [1.165, 1.54) is 0 Å². The smallest absolute Gasteiger partial charge is 0.227 e. The van der Waals surface area contributed by atoms with Gasteiger partial charge in [-0.1, -0.05) is 0 Å². The summed E-state index contributed by atoms with van der Waals surface area (Å²) in [5, 5.41) is 3.06. The second kappa shape index (κ2) is 7.46. The summed E-state index contributed by atoms with van der Waals surface area (Å²) in [7, 11) is 0. The normalized spacial score (nSPS) is 21.9. The van der Waals surface area contributed by atoms with Crippen molar-refractivity contribution in [1.29, 1.82) is 0 Å². The van der Waals surface area contributed by atoms with Crippen molar-refractivity contribution < 1.29 is 9.53 Å². The molecule has 1 amide bonds. The molecule has 0 atom stereocenters. The molecule has 0 aliphatic heterocycles. The van der Waals surface area contributed by atoms with Gasteiger partial charge in [0.25, 0.3) is 0 Å². The first-order valence-corrected chi connectivity index (χ1v) is 7.88. The summed E-state index contributed by atoms with van der Waals surface area (Å²) < 4.78 is 5.46. The van der Waals surface area contributed by atoms with E-state index in [1.807, 2.05) is 32.0 Å². The molecular formula is C17H26N2O2. The van der Waals surface area contributed by atoms with Gasteiger partial charge in [-0.25, -0.2) is 0 Å². The summed E-state index contributed by atoms with van der Waals surface area (Å²) in [6.07, 6.45) is 4.03. The number of anilines is 1. The maximum Gasteiger partial charge on any atom is 0.227 e. The highest BCUT2D eigenvalue weighted by Crippen LogP contribution is 2.30. The monoisotopic (exact) mass is 290 g/mol. The minimum absolute atomic E-state index is 0.124. The lowest BCUT2D eigenvalue weighted by atomic mass is 9.81. The van der Waals surface area contributed by atoms with Crippen molar-refractivity contribution >= 4 is 11.6 Å². The zero-order valence-electron chi connectivity index (χ0n) is 13.0. The van der Waals surface area contributed by atoms with E-state index in [0.29, 0.717) is 12.5 Å². The number of nitrogens with one attached hydrogen (secondary N) is 1. The zero-order valence-corrected chi connectivity index (χ0v) is 13.0. The highest BCUT2D eigenvalue weighted by Gasteiger charge is 2.25. The molecule has 0 unspecified atom stereocenters. The predicted molar refractivity (Wildman–Crippen MR) is 85.5 cm³/mol. The van der Waals surface area contributed by atoms with Crippen LogP contribution in [0.3, 0.4) is 0 Å². The van der Waals surface area contributed by atoms with Crippen LogP contribution in [0.4, 0.5) is 5.69 Å². The number of benzene rings is 1. The van der Waals surface area contributed by atoms with Crippen LogP contribution in [0.5, 0.6) is 5.75 Å². The topological polar surface area (TPSA) is 64.3 Å². The third-order valence-corrected chi connectivity index (χ3v) is 4.32. The van der Waals surface area contributed by atoms with Crippen molar-refractivity contribution in [3.63, 3.8) is 0 Å². The predicted octanol–water partition coefficient (Wildman–Crippen LogP) is 3.10. The molecule has 1 aliphatic carbocycles. The Morgan fingerprint density at radius 1 is 1.33 bits per heavy atom. The summed E-state index contributed by atoms with van der Waals surface area (Å²) >= 11 is 0. The lowest BCUT2D eigenvalue weighted by Crippen LogP contribution is -2.29. The van der Waals surface area contributed by atoms with Crippen LogP contribution in [0.1, 0.15) is 38.2 Å². The van der Waals surface area contributed by atoms with Gasteiger partial charge in [-0.3, -0.25) is 4.79 Å². The Bertz CT molecular complexity index is 480. The van der Waals surface area contributed by atoms with E-state index in [-0.39, 0.29) is 11.8 Å². The Morgan fingerprint density at radius 3 is 2.62 bits per heavy atom. The number of ether oxygens (including phenoxy) is 1. The molecule has 0 bridgehead atoms. The molecular weight excluding hydrogens is 264 g/mol. The van der Waals surface area contributed by atoms with Gasteiger partial charge in [-0.2, -0.15) is 0 Å². The number of amides is 1. The summed E-state index contributed by atoms with van der Waals surface area (Å²) in [6, 6.07) is 5.78. The Kier molecular flexibility index (Phi) is 5.62. The second-order valence-electron chi connectivity index (χ2n) is 5.85. The largest absolute Gasteiger partial charge is 0.494 e. The number of nitrogens with two attached hydrogens (primary N) is 1. The van der Waals surface area contributed by atoms with Crippen molar-refractivity contribution in [2.24, 2.45) is 17.6 Å². The standard InChI is InChI=1S/C17H26N2O2/c1-3-21-15-8-9-16(12(2)10-15)19-17(20)14-6-4-13(11-18)5-7-14/h8-10,13-14H,3-7,11,18H2,1-2H3,(H,19,20). The maximum absolute atomic E-state index is 12.4. The van der Waals surface area contributed by atoms with Crippen LogP contribution in [0.25, 0.3) is 0 Å². The van der Waals surface area contributed by atoms with Gasteiger partial charge in [-0.05, 0) is 75.8 Å². The zero-order chi connectivity index (χ0) is 15.2. The molecule has 0 spiro atoms. The third kappa shape index (κ3) is 4.21. The fourth-order valence-electron chi connectivity index (χ4n) is 2.93. The number of carbonyl (C=O) groups excluding carboxylic acids is 1.